The zero-order chi connectivity index (χ0) is 13.1. The smallest absolute Gasteiger partial charge is 0.312 e. The first-order valence-corrected chi connectivity index (χ1v) is 6.31. The fourth-order valence-corrected chi connectivity index (χ4v) is 1.38. The van der Waals surface area contributed by atoms with Crippen molar-refractivity contribution in [3.63, 3.8) is 0 Å². The van der Waals surface area contributed by atoms with Crippen LogP contribution in [0, 0.1) is 17.3 Å². The Labute approximate surface area is 101 Å². The lowest BCUT2D eigenvalue weighted by Crippen LogP contribution is -2.45. The van der Waals surface area contributed by atoms with Gasteiger partial charge in [0.1, 0.15) is 5.60 Å². The molecule has 0 radical (unpaired) electrons. The Balaban J connectivity index is 4.87. The predicted molar refractivity (Wildman–Crippen MR) is 68.2 cm³/mol. The molecule has 0 spiro atoms. The molecule has 0 aromatic carbocycles. The van der Waals surface area contributed by atoms with Gasteiger partial charge < -0.3 is 4.74 Å². The standard InChI is InChI=1S/C14H28O2/c1-9-13(6,7)12(15)16-14(8,10(2)3)11(4)5/h10-11H,9H2,1-8H3. The number of hydrogen-bond donors (Lipinski definition) is 0. The average Bonchev–Trinajstić information content (AvgIpc) is 2.16. The van der Waals surface area contributed by atoms with Crippen molar-refractivity contribution < 1.29 is 9.53 Å². The normalized spacial score (nSPS) is 13.4. The van der Waals surface area contributed by atoms with E-state index in [-0.39, 0.29) is 17.0 Å². The van der Waals surface area contributed by atoms with Crippen LogP contribution in [-0.2, 0) is 9.53 Å². The predicted octanol–water partition coefficient (Wildman–Crippen LogP) is 4.04. The number of hydrogen-bond acceptors (Lipinski definition) is 2. The molecule has 0 fully saturated rings. The van der Waals surface area contributed by atoms with E-state index < -0.39 is 0 Å². The lowest BCUT2D eigenvalue weighted by atomic mass is 9.81. The average molecular weight is 228 g/mol. The van der Waals surface area contributed by atoms with E-state index in [1.54, 1.807) is 0 Å². The third-order valence-corrected chi connectivity index (χ3v) is 4.04. The molecule has 0 aliphatic heterocycles. The Hall–Kier alpha value is -0.530. The highest BCUT2D eigenvalue weighted by molar-refractivity contribution is 5.76. The van der Waals surface area contributed by atoms with E-state index in [1.807, 2.05) is 27.7 Å². The molecule has 16 heavy (non-hydrogen) atoms. The summed E-state index contributed by atoms with van der Waals surface area (Å²) in [6.45, 7) is 16.3. The molecule has 2 heteroatoms. The number of rotatable bonds is 5. The molecular weight excluding hydrogens is 200 g/mol. The molecule has 96 valence electrons. The van der Waals surface area contributed by atoms with Crippen LogP contribution in [0.3, 0.4) is 0 Å². The molecule has 0 saturated heterocycles. The molecule has 0 bridgehead atoms. The first kappa shape index (κ1) is 15.5. The fourth-order valence-electron chi connectivity index (χ4n) is 1.38. The molecule has 0 saturated carbocycles. The molecule has 0 aliphatic carbocycles. The van der Waals surface area contributed by atoms with Gasteiger partial charge in [-0.25, -0.2) is 0 Å². The maximum atomic E-state index is 12.1. The largest absolute Gasteiger partial charge is 0.458 e. The summed E-state index contributed by atoms with van der Waals surface area (Å²) in [7, 11) is 0. The van der Waals surface area contributed by atoms with Crippen molar-refractivity contribution in [3.8, 4) is 0 Å². The Morgan fingerprint density at radius 2 is 1.44 bits per heavy atom. The maximum Gasteiger partial charge on any atom is 0.312 e. The summed E-state index contributed by atoms with van der Waals surface area (Å²) in [6.07, 6.45) is 0.804. The summed E-state index contributed by atoms with van der Waals surface area (Å²) < 4.78 is 5.78. The van der Waals surface area contributed by atoms with Crippen LogP contribution in [0.5, 0.6) is 0 Å². The highest BCUT2D eigenvalue weighted by Gasteiger charge is 2.39. The summed E-state index contributed by atoms with van der Waals surface area (Å²) in [4.78, 5) is 12.1. The van der Waals surface area contributed by atoms with Crippen molar-refractivity contribution in [1.29, 1.82) is 0 Å². The van der Waals surface area contributed by atoms with E-state index in [2.05, 4.69) is 27.7 Å². The van der Waals surface area contributed by atoms with Crippen LogP contribution in [0.25, 0.3) is 0 Å². The van der Waals surface area contributed by atoms with Crippen molar-refractivity contribution in [2.75, 3.05) is 0 Å². The molecule has 0 atom stereocenters. The van der Waals surface area contributed by atoms with E-state index in [4.69, 9.17) is 4.74 Å². The zero-order valence-corrected chi connectivity index (χ0v) is 12.2. The third-order valence-electron chi connectivity index (χ3n) is 4.04. The Bertz CT molecular complexity index is 231. The lowest BCUT2D eigenvalue weighted by Gasteiger charge is -2.39. The van der Waals surface area contributed by atoms with Crippen molar-refractivity contribution in [3.05, 3.63) is 0 Å². The van der Waals surface area contributed by atoms with Crippen molar-refractivity contribution in [2.45, 2.75) is 67.4 Å². The highest BCUT2D eigenvalue weighted by atomic mass is 16.6. The zero-order valence-electron chi connectivity index (χ0n) is 12.2. The molecule has 0 heterocycles. The van der Waals surface area contributed by atoms with Gasteiger partial charge >= 0.3 is 5.97 Å². The molecule has 0 N–H and O–H groups in total. The number of carbonyl (C=O) groups is 1. The molecule has 0 rings (SSSR count). The minimum atomic E-state index is -0.384. The fraction of sp³-hybridized carbons (Fsp3) is 0.929. The molecular formula is C14H28O2. The van der Waals surface area contributed by atoms with E-state index in [0.717, 1.165) is 6.42 Å². The second kappa shape index (κ2) is 5.20. The number of carbonyl (C=O) groups excluding carboxylic acids is 1. The third kappa shape index (κ3) is 3.23. The maximum absolute atomic E-state index is 12.1. The van der Waals surface area contributed by atoms with Gasteiger partial charge in [0.05, 0.1) is 5.41 Å². The summed E-state index contributed by atoms with van der Waals surface area (Å²) in [5.41, 5.74) is -0.755. The molecule has 2 nitrogen and oxygen atoms in total. The van der Waals surface area contributed by atoms with Gasteiger partial charge in [0.25, 0.3) is 0 Å². The second-order valence-corrected chi connectivity index (χ2v) is 6.12. The number of ether oxygens (including phenoxy) is 1. The molecule has 0 unspecified atom stereocenters. The first-order chi connectivity index (χ1) is 7.08. The van der Waals surface area contributed by atoms with Crippen LogP contribution >= 0.6 is 0 Å². The van der Waals surface area contributed by atoms with Crippen molar-refractivity contribution in [2.24, 2.45) is 17.3 Å². The summed E-state index contributed by atoms with van der Waals surface area (Å²) in [5.74, 6) is 0.563. The van der Waals surface area contributed by atoms with Gasteiger partial charge in [-0.1, -0.05) is 34.6 Å². The minimum Gasteiger partial charge on any atom is -0.458 e. The van der Waals surface area contributed by atoms with E-state index in [9.17, 15) is 4.79 Å². The highest BCUT2D eigenvalue weighted by Crippen LogP contribution is 2.33. The van der Waals surface area contributed by atoms with Crippen LogP contribution in [0.4, 0.5) is 0 Å². The van der Waals surface area contributed by atoms with Crippen LogP contribution in [0.1, 0.15) is 61.8 Å². The minimum absolute atomic E-state index is 0.0834. The molecule has 0 amide bonds. The Kier molecular flexibility index (Phi) is 5.03. The van der Waals surface area contributed by atoms with Gasteiger partial charge in [-0.15, -0.1) is 0 Å². The van der Waals surface area contributed by atoms with Crippen LogP contribution in [-0.4, -0.2) is 11.6 Å². The van der Waals surface area contributed by atoms with Gasteiger partial charge in [0.15, 0.2) is 0 Å². The van der Waals surface area contributed by atoms with Gasteiger partial charge in [0.2, 0.25) is 0 Å². The van der Waals surface area contributed by atoms with E-state index in [0.29, 0.717) is 11.8 Å². The monoisotopic (exact) mass is 228 g/mol. The molecule has 0 aliphatic rings. The van der Waals surface area contributed by atoms with Gasteiger partial charge in [-0.3, -0.25) is 4.79 Å². The van der Waals surface area contributed by atoms with E-state index in [1.165, 1.54) is 0 Å². The molecule has 0 aromatic rings. The van der Waals surface area contributed by atoms with Crippen LogP contribution < -0.4 is 0 Å². The Morgan fingerprint density at radius 1 is 1.06 bits per heavy atom. The van der Waals surface area contributed by atoms with Gasteiger partial charge in [-0.05, 0) is 39.0 Å². The summed E-state index contributed by atoms with van der Waals surface area (Å²) >= 11 is 0. The molecule has 0 aromatic heterocycles. The quantitative estimate of drug-likeness (QED) is 0.664. The van der Waals surface area contributed by atoms with Crippen LogP contribution in [0.15, 0.2) is 0 Å². The summed E-state index contributed by atoms with van der Waals surface area (Å²) in [5, 5.41) is 0. The first-order valence-electron chi connectivity index (χ1n) is 6.31. The van der Waals surface area contributed by atoms with Gasteiger partial charge in [0, 0.05) is 0 Å². The summed E-state index contributed by atoms with van der Waals surface area (Å²) in [6, 6.07) is 0. The van der Waals surface area contributed by atoms with Crippen molar-refractivity contribution >= 4 is 5.97 Å². The van der Waals surface area contributed by atoms with Crippen molar-refractivity contribution in [1.82, 2.24) is 0 Å². The Morgan fingerprint density at radius 3 is 1.69 bits per heavy atom. The van der Waals surface area contributed by atoms with Crippen LogP contribution in [0.2, 0.25) is 0 Å². The SMILES string of the molecule is CCC(C)(C)C(=O)OC(C)(C(C)C)C(C)C. The lowest BCUT2D eigenvalue weighted by molar-refractivity contribution is -0.179. The second-order valence-electron chi connectivity index (χ2n) is 6.12. The van der Waals surface area contributed by atoms with E-state index >= 15 is 0 Å². The van der Waals surface area contributed by atoms with Gasteiger partial charge in [-0.2, -0.15) is 0 Å². The topological polar surface area (TPSA) is 26.3 Å². The number of esters is 1.